The third-order valence-corrected chi connectivity index (χ3v) is 12.3. The topological polar surface area (TPSA) is 47.3 Å². The summed E-state index contributed by atoms with van der Waals surface area (Å²) in [4.78, 5) is 7.27. The Labute approximate surface area is 325 Å². The van der Waals surface area contributed by atoms with Crippen molar-refractivity contribution < 1.29 is 8.83 Å². The Morgan fingerprint density at radius 1 is 0.607 bits per heavy atom. The molecule has 0 radical (unpaired) electrons. The van der Waals surface area contributed by atoms with Crippen molar-refractivity contribution in [1.82, 2.24) is 9.55 Å². The molecule has 0 bridgehead atoms. The van der Waals surface area contributed by atoms with Crippen LogP contribution in [0.1, 0.15) is 11.3 Å². The highest BCUT2D eigenvalue weighted by atomic mass is 32.1. The molecule has 4 heterocycles. The highest BCUT2D eigenvalue weighted by molar-refractivity contribution is 7.26. The SMILES string of the molecule is C1=Cc2c(oc3cc4nc(-c5ccccc5)oc4cc23)CC(N(c2ccc3c4ccccc4n(-c4ccccc4)c3c2)c2cccc3c2sc2ccccc23)=C1. The van der Waals surface area contributed by atoms with Crippen LogP contribution in [0.5, 0.6) is 0 Å². The molecule has 0 aliphatic heterocycles. The van der Waals surface area contributed by atoms with Gasteiger partial charge in [0.25, 0.3) is 0 Å². The molecule has 11 aromatic rings. The lowest BCUT2D eigenvalue weighted by Gasteiger charge is -2.28. The van der Waals surface area contributed by atoms with E-state index in [4.69, 9.17) is 13.8 Å². The van der Waals surface area contributed by atoms with Crippen LogP contribution in [0.15, 0.2) is 184 Å². The van der Waals surface area contributed by atoms with Crippen LogP contribution < -0.4 is 4.90 Å². The summed E-state index contributed by atoms with van der Waals surface area (Å²) in [5, 5.41) is 6.00. The Balaban J connectivity index is 1.05. The van der Waals surface area contributed by atoms with Crippen LogP contribution in [0.2, 0.25) is 0 Å². The standard InChI is InChI=1S/C50H31N3O2S/c1-3-13-31(14-4-1)50-51-41-30-46-40(29-47(41)55-50)37-20-11-17-33(28-45(37)54-46)52(43-23-12-21-39-38-19-8-10-24-48(38)56-49(39)43)34-25-26-36-35-18-7-9-22-42(35)53(44(36)27-34)32-15-5-2-6-16-32/h1-27,29-30H,28H2. The van der Waals surface area contributed by atoms with Gasteiger partial charge in [-0.1, -0.05) is 103 Å². The van der Waals surface area contributed by atoms with E-state index in [9.17, 15) is 0 Å². The second-order valence-corrected chi connectivity index (χ2v) is 15.4. The minimum Gasteiger partial charge on any atom is -0.460 e. The van der Waals surface area contributed by atoms with E-state index in [0.717, 1.165) is 67.2 Å². The average Bonchev–Trinajstić information content (AvgIpc) is 3.98. The molecule has 6 heteroatoms. The van der Waals surface area contributed by atoms with Gasteiger partial charge in [-0.2, -0.15) is 0 Å². The number of benzene rings is 7. The van der Waals surface area contributed by atoms with Crippen molar-refractivity contribution in [2.45, 2.75) is 6.42 Å². The second-order valence-electron chi connectivity index (χ2n) is 14.3. The van der Waals surface area contributed by atoms with Crippen molar-refractivity contribution >= 4 is 92.8 Å². The monoisotopic (exact) mass is 737 g/mol. The van der Waals surface area contributed by atoms with E-state index >= 15 is 0 Å². The van der Waals surface area contributed by atoms with Gasteiger partial charge in [0, 0.05) is 72.3 Å². The quantitative estimate of drug-likeness (QED) is 0.176. The highest BCUT2D eigenvalue weighted by Crippen LogP contribution is 2.46. The van der Waals surface area contributed by atoms with Gasteiger partial charge in [-0.05, 0) is 66.7 Å². The molecule has 1 aliphatic carbocycles. The smallest absolute Gasteiger partial charge is 0.227 e. The molecule has 4 aromatic heterocycles. The molecule has 0 unspecified atom stereocenters. The van der Waals surface area contributed by atoms with Gasteiger partial charge in [-0.15, -0.1) is 11.3 Å². The summed E-state index contributed by atoms with van der Waals surface area (Å²) < 4.78 is 18.0. The maximum atomic E-state index is 6.77. The summed E-state index contributed by atoms with van der Waals surface area (Å²) in [5.74, 6) is 1.51. The predicted molar refractivity (Wildman–Crippen MR) is 232 cm³/mol. The maximum Gasteiger partial charge on any atom is 0.227 e. The Hall–Kier alpha value is -7.15. The summed E-state index contributed by atoms with van der Waals surface area (Å²) in [5.41, 5.74) is 11.1. The second kappa shape index (κ2) is 12.2. The maximum absolute atomic E-state index is 6.77. The first-order chi connectivity index (χ1) is 27.7. The fraction of sp³-hybridized carbons (Fsp3) is 0.0200. The number of furan rings is 1. The molecule has 5 nitrogen and oxygen atoms in total. The molecular formula is C50H31N3O2S. The molecule has 1 aliphatic rings. The fourth-order valence-corrected chi connectivity index (χ4v) is 9.77. The normalized spacial score (nSPS) is 13.0. The van der Waals surface area contributed by atoms with Crippen molar-refractivity contribution in [2.24, 2.45) is 0 Å². The lowest BCUT2D eigenvalue weighted by atomic mass is 10.1. The fourth-order valence-electron chi connectivity index (χ4n) is 8.56. The molecule has 56 heavy (non-hydrogen) atoms. The van der Waals surface area contributed by atoms with Gasteiger partial charge in [-0.3, -0.25) is 0 Å². The number of thiophene rings is 1. The van der Waals surface area contributed by atoms with Crippen molar-refractivity contribution in [3.05, 3.63) is 187 Å². The molecule has 12 rings (SSSR count). The lowest BCUT2D eigenvalue weighted by molar-refractivity contribution is 0.559. The molecule has 0 N–H and O–H groups in total. The van der Waals surface area contributed by atoms with E-state index in [1.807, 2.05) is 47.7 Å². The zero-order chi connectivity index (χ0) is 36.7. The van der Waals surface area contributed by atoms with Gasteiger partial charge in [0.2, 0.25) is 5.89 Å². The lowest BCUT2D eigenvalue weighted by Crippen LogP contribution is -2.18. The molecule has 264 valence electrons. The number of hydrogen-bond donors (Lipinski definition) is 0. The first-order valence-electron chi connectivity index (χ1n) is 18.8. The zero-order valence-electron chi connectivity index (χ0n) is 30.0. The molecule has 0 fully saturated rings. The number of para-hydroxylation sites is 2. The van der Waals surface area contributed by atoms with Gasteiger partial charge >= 0.3 is 0 Å². The van der Waals surface area contributed by atoms with Crippen LogP contribution in [0.4, 0.5) is 11.4 Å². The van der Waals surface area contributed by atoms with Crippen LogP contribution in [-0.2, 0) is 6.42 Å². The molecule has 0 saturated carbocycles. The van der Waals surface area contributed by atoms with Crippen LogP contribution in [0.25, 0.3) is 87.3 Å². The number of aromatic nitrogens is 2. The molecular weight excluding hydrogens is 707 g/mol. The first kappa shape index (κ1) is 31.2. The van der Waals surface area contributed by atoms with E-state index in [-0.39, 0.29) is 0 Å². The van der Waals surface area contributed by atoms with E-state index in [1.54, 1.807) is 0 Å². The predicted octanol–water partition coefficient (Wildman–Crippen LogP) is 14.0. The van der Waals surface area contributed by atoms with Crippen LogP contribution in [0, 0.1) is 0 Å². The molecule has 0 atom stereocenters. The Morgan fingerprint density at radius 2 is 1.38 bits per heavy atom. The summed E-state index contributed by atoms with van der Waals surface area (Å²) >= 11 is 1.85. The summed E-state index contributed by atoms with van der Waals surface area (Å²) in [6.45, 7) is 0. The number of allylic oxidation sites excluding steroid dienone is 3. The van der Waals surface area contributed by atoms with Gasteiger partial charge in [-0.25, -0.2) is 4.98 Å². The van der Waals surface area contributed by atoms with Gasteiger partial charge in [0.1, 0.15) is 16.9 Å². The number of nitrogens with zero attached hydrogens (tertiary/aromatic N) is 3. The van der Waals surface area contributed by atoms with Crippen LogP contribution in [0.3, 0.4) is 0 Å². The van der Waals surface area contributed by atoms with Gasteiger partial charge in [0.05, 0.1) is 21.4 Å². The van der Waals surface area contributed by atoms with Crippen LogP contribution >= 0.6 is 11.3 Å². The van der Waals surface area contributed by atoms with Crippen molar-refractivity contribution in [2.75, 3.05) is 4.90 Å². The first-order valence-corrected chi connectivity index (χ1v) is 19.6. The Kier molecular flexibility index (Phi) is 6.79. The number of anilines is 2. The van der Waals surface area contributed by atoms with Gasteiger partial charge in [0.15, 0.2) is 5.58 Å². The molecule has 0 amide bonds. The van der Waals surface area contributed by atoms with E-state index < -0.39 is 0 Å². The number of oxazole rings is 1. The number of fused-ring (bicyclic) bond motifs is 10. The third kappa shape index (κ3) is 4.76. The summed E-state index contributed by atoms with van der Waals surface area (Å²) in [7, 11) is 0. The van der Waals surface area contributed by atoms with Crippen molar-refractivity contribution in [3.63, 3.8) is 0 Å². The van der Waals surface area contributed by atoms with E-state index in [2.05, 4.69) is 149 Å². The largest absolute Gasteiger partial charge is 0.460 e. The van der Waals surface area contributed by atoms with Crippen molar-refractivity contribution in [3.8, 4) is 17.1 Å². The average molecular weight is 738 g/mol. The Bertz CT molecular complexity index is 3400. The van der Waals surface area contributed by atoms with Crippen molar-refractivity contribution in [1.29, 1.82) is 0 Å². The third-order valence-electron chi connectivity index (χ3n) is 11.1. The summed E-state index contributed by atoms with van der Waals surface area (Å²) in [6, 6.07) is 55.8. The summed E-state index contributed by atoms with van der Waals surface area (Å²) in [6.07, 6.45) is 7.16. The number of rotatable bonds is 5. The zero-order valence-corrected chi connectivity index (χ0v) is 30.8. The van der Waals surface area contributed by atoms with Gasteiger partial charge < -0.3 is 18.3 Å². The van der Waals surface area contributed by atoms with E-state index in [1.165, 1.54) is 36.5 Å². The van der Waals surface area contributed by atoms with E-state index in [0.29, 0.717) is 12.3 Å². The minimum atomic E-state index is 0.585. The molecule has 7 aromatic carbocycles. The Morgan fingerprint density at radius 3 is 2.27 bits per heavy atom. The van der Waals surface area contributed by atoms with Crippen LogP contribution in [-0.4, -0.2) is 9.55 Å². The minimum absolute atomic E-state index is 0.585. The molecule has 0 spiro atoms. The highest BCUT2D eigenvalue weighted by Gasteiger charge is 2.25. The molecule has 0 saturated heterocycles. The number of hydrogen-bond acceptors (Lipinski definition) is 5.